The molecule has 0 atom stereocenters. The van der Waals surface area contributed by atoms with Crippen LogP contribution in [-0.4, -0.2) is 39.0 Å². The van der Waals surface area contributed by atoms with E-state index < -0.39 is 0 Å². The SMILES string of the molecule is CCc1cc(N2CCC(Nc3ccc([N+](=O)[O-])c4cccnc34)CC2)ncn1. The summed E-state index contributed by atoms with van der Waals surface area (Å²) < 4.78 is 0. The van der Waals surface area contributed by atoms with E-state index in [0.29, 0.717) is 10.9 Å². The first-order valence-electron chi connectivity index (χ1n) is 9.50. The van der Waals surface area contributed by atoms with Crippen LogP contribution >= 0.6 is 0 Å². The Labute approximate surface area is 162 Å². The molecule has 3 aromatic rings. The van der Waals surface area contributed by atoms with Gasteiger partial charge in [0.25, 0.3) is 5.69 Å². The number of hydrogen-bond acceptors (Lipinski definition) is 7. The summed E-state index contributed by atoms with van der Waals surface area (Å²) >= 11 is 0. The Morgan fingerprint density at radius 1 is 1.21 bits per heavy atom. The van der Waals surface area contributed by atoms with Gasteiger partial charge in [-0.3, -0.25) is 15.1 Å². The van der Waals surface area contributed by atoms with Gasteiger partial charge in [0, 0.05) is 43.2 Å². The van der Waals surface area contributed by atoms with Crippen LogP contribution < -0.4 is 10.2 Å². The Kier molecular flexibility index (Phi) is 5.01. The molecule has 0 saturated carbocycles. The molecular weight excluding hydrogens is 356 g/mol. The molecular formula is C20H22N6O2. The maximum atomic E-state index is 11.3. The third-order valence-electron chi connectivity index (χ3n) is 5.19. The molecule has 1 aliphatic rings. The second kappa shape index (κ2) is 7.75. The average molecular weight is 378 g/mol. The van der Waals surface area contributed by atoms with Crippen LogP contribution in [0.3, 0.4) is 0 Å². The molecule has 0 radical (unpaired) electrons. The number of non-ortho nitro benzene ring substituents is 1. The van der Waals surface area contributed by atoms with E-state index in [-0.39, 0.29) is 16.7 Å². The highest BCUT2D eigenvalue weighted by atomic mass is 16.6. The fourth-order valence-electron chi connectivity index (χ4n) is 3.66. The van der Waals surface area contributed by atoms with Crippen LogP contribution in [0.5, 0.6) is 0 Å². The van der Waals surface area contributed by atoms with E-state index in [1.807, 2.05) is 0 Å². The number of nitrogens with zero attached hydrogens (tertiary/aromatic N) is 5. The molecule has 1 N–H and O–H groups in total. The van der Waals surface area contributed by atoms with Crippen molar-refractivity contribution in [1.29, 1.82) is 0 Å². The van der Waals surface area contributed by atoms with Crippen molar-refractivity contribution >= 4 is 28.1 Å². The van der Waals surface area contributed by atoms with E-state index >= 15 is 0 Å². The van der Waals surface area contributed by atoms with Gasteiger partial charge in [0.05, 0.1) is 16.0 Å². The van der Waals surface area contributed by atoms with Gasteiger partial charge in [-0.25, -0.2) is 9.97 Å². The minimum atomic E-state index is -0.363. The van der Waals surface area contributed by atoms with Crippen molar-refractivity contribution < 1.29 is 4.92 Å². The number of piperidine rings is 1. The maximum Gasteiger partial charge on any atom is 0.278 e. The van der Waals surface area contributed by atoms with E-state index in [9.17, 15) is 10.1 Å². The molecule has 0 aliphatic carbocycles. The van der Waals surface area contributed by atoms with Crippen LogP contribution in [0.2, 0.25) is 0 Å². The number of anilines is 2. The maximum absolute atomic E-state index is 11.3. The zero-order valence-electron chi connectivity index (χ0n) is 15.7. The van der Waals surface area contributed by atoms with Crippen LogP contribution in [-0.2, 0) is 6.42 Å². The lowest BCUT2D eigenvalue weighted by Crippen LogP contribution is -2.39. The first-order chi connectivity index (χ1) is 13.7. The molecule has 1 fully saturated rings. The molecule has 0 unspecified atom stereocenters. The van der Waals surface area contributed by atoms with Gasteiger partial charge in [-0.2, -0.15) is 0 Å². The van der Waals surface area contributed by atoms with E-state index in [1.165, 1.54) is 0 Å². The molecule has 3 heterocycles. The summed E-state index contributed by atoms with van der Waals surface area (Å²) in [5.41, 5.74) is 2.62. The molecule has 1 saturated heterocycles. The fourth-order valence-corrected chi connectivity index (χ4v) is 3.66. The summed E-state index contributed by atoms with van der Waals surface area (Å²) in [5.74, 6) is 0.979. The second-order valence-corrected chi connectivity index (χ2v) is 6.92. The Bertz CT molecular complexity index is 1000. The van der Waals surface area contributed by atoms with Gasteiger partial charge in [0.15, 0.2) is 0 Å². The summed E-state index contributed by atoms with van der Waals surface area (Å²) in [6.07, 6.45) is 6.11. The van der Waals surface area contributed by atoms with Gasteiger partial charge >= 0.3 is 0 Å². The van der Waals surface area contributed by atoms with Crippen LogP contribution in [0.25, 0.3) is 10.9 Å². The van der Waals surface area contributed by atoms with Gasteiger partial charge in [0.1, 0.15) is 17.7 Å². The molecule has 0 spiro atoms. The first kappa shape index (κ1) is 18.1. The number of aromatic nitrogens is 3. The highest BCUT2D eigenvalue weighted by molar-refractivity contribution is 5.96. The third kappa shape index (κ3) is 3.58. The summed E-state index contributed by atoms with van der Waals surface area (Å²) in [6.45, 7) is 3.89. The molecule has 8 heteroatoms. The molecule has 28 heavy (non-hydrogen) atoms. The molecule has 2 aromatic heterocycles. The van der Waals surface area contributed by atoms with Gasteiger partial charge in [-0.1, -0.05) is 6.92 Å². The van der Waals surface area contributed by atoms with Gasteiger partial charge in [-0.05, 0) is 37.5 Å². The summed E-state index contributed by atoms with van der Waals surface area (Å²) in [7, 11) is 0. The predicted octanol–water partition coefficient (Wildman–Crippen LogP) is 3.58. The molecule has 1 aromatic carbocycles. The lowest BCUT2D eigenvalue weighted by Gasteiger charge is -2.33. The van der Waals surface area contributed by atoms with Crippen molar-refractivity contribution in [2.75, 3.05) is 23.3 Å². The number of rotatable bonds is 5. The van der Waals surface area contributed by atoms with Crippen LogP contribution in [0, 0.1) is 10.1 Å². The van der Waals surface area contributed by atoms with Crippen molar-refractivity contribution in [1.82, 2.24) is 15.0 Å². The molecule has 8 nitrogen and oxygen atoms in total. The smallest absolute Gasteiger partial charge is 0.278 e. The quantitative estimate of drug-likeness (QED) is 0.535. The molecule has 144 valence electrons. The lowest BCUT2D eigenvalue weighted by atomic mass is 10.0. The Morgan fingerprint density at radius 3 is 2.79 bits per heavy atom. The van der Waals surface area contributed by atoms with Crippen molar-refractivity contribution in [3.63, 3.8) is 0 Å². The van der Waals surface area contributed by atoms with Crippen molar-refractivity contribution in [3.05, 3.63) is 58.7 Å². The van der Waals surface area contributed by atoms with E-state index in [0.717, 1.165) is 49.6 Å². The monoisotopic (exact) mass is 378 g/mol. The number of fused-ring (bicyclic) bond motifs is 1. The summed E-state index contributed by atoms with van der Waals surface area (Å²) in [5, 5.41) is 15.4. The average Bonchev–Trinajstić information content (AvgIpc) is 2.74. The van der Waals surface area contributed by atoms with Gasteiger partial charge < -0.3 is 10.2 Å². The largest absolute Gasteiger partial charge is 0.380 e. The normalized spacial score (nSPS) is 15.0. The number of benzene rings is 1. The van der Waals surface area contributed by atoms with E-state index in [2.05, 4.69) is 38.2 Å². The van der Waals surface area contributed by atoms with Gasteiger partial charge in [0.2, 0.25) is 0 Å². The molecule has 1 aliphatic heterocycles. The summed E-state index contributed by atoms with van der Waals surface area (Å²) in [4.78, 5) is 26.2. The van der Waals surface area contributed by atoms with Crippen molar-refractivity contribution in [2.45, 2.75) is 32.2 Å². The topological polar surface area (TPSA) is 97.1 Å². The van der Waals surface area contributed by atoms with Crippen molar-refractivity contribution in [3.8, 4) is 0 Å². The zero-order valence-corrected chi connectivity index (χ0v) is 15.7. The Morgan fingerprint density at radius 2 is 2.04 bits per heavy atom. The lowest BCUT2D eigenvalue weighted by molar-refractivity contribution is -0.383. The Balaban J connectivity index is 1.48. The number of aryl methyl sites for hydroxylation is 1. The number of nitrogens with one attached hydrogen (secondary N) is 1. The third-order valence-corrected chi connectivity index (χ3v) is 5.19. The van der Waals surface area contributed by atoms with Crippen LogP contribution in [0.4, 0.5) is 17.2 Å². The predicted molar refractivity (Wildman–Crippen MR) is 109 cm³/mol. The zero-order chi connectivity index (χ0) is 19.5. The first-order valence-corrected chi connectivity index (χ1v) is 9.50. The second-order valence-electron chi connectivity index (χ2n) is 6.92. The molecule has 0 bridgehead atoms. The number of nitro benzene ring substituents is 1. The van der Waals surface area contributed by atoms with Crippen LogP contribution in [0.1, 0.15) is 25.5 Å². The highest BCUT2D eigenvalue weighted by Gasteiger charge is 2.22. The van der Waals surface area contributed by atoms with E-state index in [4.69, 9.17) is 0 Å². The minimum absolute atomic E-state index is 0.0824. The number of nitro groups is 1. The minimum Gasteiger partial charge on any atom is -0.380 e. The molecule has 4 rings (SSSR count). The molecule has 0 amide bonds. The fraction of sp³-hybridized carbons (Fsp3) is 0.350. The number of hydrogen-bond donors (Lipinski definition) is 1. The van der Waals surface area contributed by atoms with Crippen LogP contribution in [0.15, 0.2) is 42.9 Å². The summed E-state index contributed by atoms with van der Waals surface area (Å²) in [6, 6.07) is 9.13. The Hall–Kier alpha value is -3.29. The van der Waals surface area contributed by atoms with E-state index in [1.54, 1.807) is 36.8 Å². The highest BCUT2D eigenvalue weighted by Crippen LogP contribution is 2.31. The van der Waals surface area contributed by atoms with Gasteiger partial charge in [-0.15, -0.1) is 0 Å². The standard InChI is InChI=1S/C20H22N6O2/c1-2-14-12-19(23-13-22-14)25-10-7-15(8-11-25)24-17-5-6-18(26(27)28)16-4-3-9-21-20(16)17/h3-6,9,12-13,15,24H,2,7-8,10-11H2,1H3. The number of pyridine rings is 1. The van der Waals surface area contributed by atoms with Crippen molar-refractivity contribution in [2.24, 2.45) is 0 Å².